The van der Waals surface area contributed by atoms with Gasteiger partial charge in [0.05, 0.1) is 4.90 Å². The van der Waals surface area contributed by atoms with Gasteiger partial charge in [0.1, 0.15) is 11.9 Å². The molecule has 1 saturated heterocycles. The summed E-state index contributed by atoms with van der Waals surface area (Å²) in [6, 6.07) is 15.7. The highest BCUT2D eigenvalue weighted by Gasteiger charge is 2.23. The Morgan fingerprint density at radius 3 is 2.17 bits per heavy atom. The van der Waals surface area contributed by atoms with Crippen LogP contribution in [-0.4, -0.2) is 32.9 Å². The van der Waals surface area contributed by atoms with Gasteiger partial charge in [0.2, 0.25) is 0 Å². The number of amides is 2. The van der Waals surface area contributed by atoms with Gasteiger partial charge in [-0.25, -0.2) is 12.8 Å². The molecule has 8 nitrogen and oxygen atoms in total. The molecule has 1 heterocycles. The van der Waals surface area contributed by atoms with Gasteiger partial charge in [0, 0.05) is 29.2 Å². The minimum atomic E-state index is -4.00. The van der Waals surface area contributed by atoms with Crippen molar-refractivity contribution in [3.05, 3.63) is 83.7 Å². The largest absolute Gasteiger partial charge is 0.368 e. The molecular formula is C25H24FN3O5S. The predicted molar refractivity (Wildman–Crippen MR) is 130 cm³/mol. The lowest BCUT2D eigenvalue weighted by molar-refractivity contribution is -0.124. The first-order valence-electron chi connectivity index (χ1n) is 10.9. The first kappa shape index (κ1) is 24.4. The summed E-state index contributed by atoms with van der Waals surface area (Å²) in [6.45, 7) is 2.27. The average Bonchev–Trinajstić information content (AvgIpc) is 3.37. The van der Waals surface area contributed by atoms with Gasteiger partial charge in [-0.3, -0.25) is 14.3 Å². The Kier molecular flexibility index (Phi) is 7.13. The van der Waals surface area contributed by atoms with Crippen LogP contribution >= 0.6 is 0 Å². The second kappa shape index (κ2) is 10.2. The van der Waals surface area contributed by atoms with E-state index in [1.54, 1.807) is 31.2 Å². The Labute approximate surface area is 202 Å². The molecule has 0 unspecified atom stereocenters. The van der Waals surface area contributed by atoms with Crippen molar-refractivity contribution in [2.24, 2.45) is 0 Å². The fraction of sp³-hybridized carbons (Fsp3) is 0.200. The molecule has 2 amide bonds. The fourth-order valence-corrected chi connectivity index (χ4v) is 4.67. The minimum absolute atomic E-state index is 0.107. The van der Waals surface area contributed by atoms with E-state index >= 15 is 0 Å². The van der Waals surface area contributed by atoms with Crippen LogP contribution in [0.2, 0.25) is 0 Å². The molecule has 3 aromatic carbocycles. The second-order valence-corrected chi connectivity index (χ2v) is 9.79. The maximum atomic E-state index is 13.1. The number of aryl methyl sites for hydroxylation is 1. The number of benzene rings is 3. The van der Waals surface area contributed by atoms with Crippen molar-refractivity contribution in [3.8, 4) is 0 Å². The Bertz CT molecular complexity index is 1340. The number of rotatable bonds is 7. The number of anilines is 3. The molecule has 4 rings (SSSR count). The number of sulfonamides is 1. The molecule has 0 aromatic heterocycles. The standard InChI is InChI=1S/C25H24FN3O5S/c1-16-4-13-21(35(32,33)29-20-7-5-17(26)6-8-20)15-22(16)24(30)27-18-9-11-19(12-10-18)28-25(31)23-3-2-14-34-23/h4-13,15,23,29H,2-3,14H2,1H3,(H,27,30)(H,28,31)/t23-/m0/s1. The van der Waals surface area contributed by atoms with Crippen LogP contribution in [0, 0.1) is 12.7 Å². The Morgan fingerprint density at radius 2 is 1.54 bits per heavy atom. The number of ether oxygens (including phenoxy) is 1. The number of carbonyl (C=O) groups excluding carboxylic acids is 2. The van der Waals surface area contributed by atoms with Crippen molar-refractivity contribution >= 4 is 38.9 Å². The van der Waals surface area contributed by atoms with Crippen LogP contribution in [0.4, 0.5) is 21.5 Å². The zero-order valence-corrected chi connectivity index (χ0v) is 19.7. The summed E-state index contributed by atoms with van der Waals surface area (Å²) in [7, 11) is -4.00. The van der Waals surface area contributed by atoms with E-state index in [0.29, 0.717) is 30.0 Å². The summed E-state index contributed by atoms with van der Waals surface area (Å²) in [5.74, 6) is -1.18. The first-order valence-corrected chi connectivity index (χ1v) is 12.4. The Morgan fingerprint density at radius 1 is 0.914 bits per heavy atom. The number of hydrogen-bond acceptors (Lipinski definition) is 5. The summed E-state index contributed by atoms with van der Waals surface area (Å²) in [4.78, 5) is 25.0. The third-order valence-electron chi connectivity index (χ3n) is 5.49. The van der Waals surface area contributed by atoms with Crippen LogP contribution in [0.1, 0.15) is 28.8 Å². The van der Waals surface area contributed by atoms with E-state index in [1.165, 1.54) is 30.3 Å². The van der Waals surface area contributed by atoms with Gasteiger partial charge >= 0.3 is 0 Å². The smallest absolute Gasteiger partial charge is 0.261 e. The van der Waals surface area contributed by atoms with Gasteiger partial charge in [-0.05, 0) is 86.0 Å². The molecule has 1 aliphatic rings. The van der Waals surface area contributed by atoms with Crippen molar-refractivity contribution in [1.29, 1.82) is 0 Å². The van der Waals surface area contributed by atoms with Gasteiger partial charge in [-0.1, -0.05) is 6.07 Å². The van der Waals surface area contributed by atoms with E-state index in [0.717, 1.165) is 18.6 Å². The Hall–Kier alpha value is -3.76. The highest BCUT2D eigenvalue weighted by Crippen LogP contribution is 2.22. The molecule has 35 heavy (non-hydrogen) atoms. The normalized spacial score (nSPS) is 15.4. The van der Waals surface area contributed by atoms with E-state index < -0.39 is 27.9 Å². The Balaban J connectivity index is 1.45. The van der Waals surface area contributed by atoms with Crippen LogP contribution in [0.25, 0.3) is 0 Å². The highest BCUT2D eigenvalue weighted by molar-refractivity contribution is 7.92. The summed E-state index contributed by atoms with van der Waals surface area (Å²) in [6.07, 6.45) is 1.10. The molecule has 0 spiro atoms. The summed E-state index contributed by atoms with van der Waals surface area (Å²) >= 11 is 0. The van der Waals surface area contributed by atoms with E-state index in [-0.39, 0.29) is 22.1 Å². The quantitative estimate of drug-likeness (QED) is 0.450. The zero-order chi connectivity index (χ0) is 25.0. The first-order chi connectivity index (χ1) is 16.7. The molecule has 0 radical (unpaired) electrons. The lowest BCUT2D eigenvalue weighted by Gasteiger charge is -2.13. The number of nitrogens with one attached hydrogen (secondary N) is 3. The van der Waals surface area contributed by atoms with Crippen LogP contribution in [0.5, 0.6) is 0 Å². The molecule has 182 valence electrons. The lowest BCUT2D eigenvalue weighted by Crippen LogP contribution is -2.26. The predicted octanol–water partition coefficient (Wildman–Crippen LogP) is 4.30. The monoisotopic (exact) mass is 497 g/mol. The molecule has 0 saturated carbocycles. The highest BCUT2D eigenvalue weighted by atomic mass is 32.2. The van der Waals surface area contributed by atoms with E-state index in [4.69, 9.17) is 4.74 Å². The van der Waals surface area contributed by atoms with Crippen LogP contribution in [0.3, 0.4) is 0 Å². The molecule has 0 bridgehead atoms. The zero-order valence-electron chi connectivity index (χ0n) is 18.9. The maximum absolute atomic E-state index is 13.1. The number of hydrogen-bond donors (Lipinski definition) is 3. The number of halogens is 1. The molecule has 3 aromatic rings. The van der Waals surface area contributed by atoms with Crippen molar-refractivity contribution < 1.29 is 27.1 Å². The molecule has 0 aliphatic carbocycles. The van der Waals surface area contributed by atoms with Crippen molar-refractivity contribution in [1.82, 2.24) is 0 Å². The average molecular weight is 498 g/mol. The van der Waals surface area contributed by atoms with Crippen LogP contribution < -0.4 is 15.4 Å². The van der Waals surface area contributed by atoms with E-state index in [2.05, 4.69) is 15.4 Å². The topological polar surface area (TPSA) is 114 Å². The fourth-order valence-electron chi connectivity index (χ4n) is 3.59. The summed E-state index contributed by atoms with van der Waals surface area (Å²) in [5, 5.41) is 5.52. The van der Waals surface area contributed by atoms with Crippen molar-refractivity contribution in [2.45, 2.75) is 30.8 Å². The second-order valence-electron chi connectivity index (χ2n) is 8.11. The molecule has 3 N–H and O–H groups in total. The maximum Gasteiger partial charge on any atom is 0.261 e. The third kappa shape index (κ3) is 6.03. The van der Waals surface area contributed by atoms with Crippen molar-refractivity contribution in [3.63, 3.8) is 0 Å². The van der Waals surface area contributed by atoms with Crippen LogP contribution in [0.15, 0.2) is 71.6 Å². The molecule has 1 atom stereocenters. The SMILES string of the molecule is Cc1ccc(S(=O)(=O)Nc2ccc(F)cc2)cc1C(=O)Nc1ccc(NC(=O)[C@@H]2CCCO2)cc1. The third-order valence-corrected chi connectivity index (χ3v) is 6.87. The summed E-state index contributed by atoms with van der Waals surface area (Å²) in [5.41, 5.74) is 2.01. The molecular weight excluding hydrogens is 473 g/mol. The van der Waals surface area contributed by atoms with Gasteiger partial charge in [-0.15, -0.1) is 0 Å². The number of carbonyl (C=O) groups is 2. The van der Waals surface area contributed by atoms with E-state index in [9.17, 15) is 22.4 Å². The van der Waals surface area contributed by atoms with Gasteiger partial charge in [0.25, 0.3) is 21.8 Å². The molecule has 10 heteroatoms. The van der Waals surface area contributed by atoms with Gasteiger partial charge in [-0.2, -0.15) is 0 Å². The minimum Gasteiger partial charge on any atom is -0.368 e. The van der Waals surface area contributed by atoms with Crippen LogP contribution in [-0.2, 0) is 19.6 Å². The van der Waals surface area contributed by atoms with Gasteiger partial charge < -0.3 is 15.4 Å². The van der Waals surface area contributed by atoms with Crippen molar-refractivity contribution in [2.75, 3.05) is 22.0 Å². The van der Waals surface area contributed by atoms with E-state index in [1.807, 2.05) is 0 Å². The lowest BCUT2D eigenvalue weighted by atomic mass is 10.1. The molecule has 1 fully saturated rings. The summed E-state index contributed by atoms with van der Waals surface area (Å²) < 4.78 is 46.4. The van der Waals surface area contributed by atoms with Gasteiger partial charge in [0.15, 0.2) is 0 Å². The molecule has 1 aliphatic heterocycles.